The van der Waals surface area contributed by atoms with Gasteiger partial charge in [0.1, 0.15) is 0 Å². The van der Waals surface area contributed by atoms with Gasteiger partial charge < -0.3 is 0 Å². The van der Waals surface area contributed by atoms with E-state index in [0.717, 1.165) is 0 Å². The molecular formula is C9H12. The van der Waals surface area contributed by atoms with Gasteiger partial charge in [-0.05, 0) is 30.1 Å². The van der Waals surface area contributed by atoms with Gasteiger partial charge in [-0.1, -0.05) is 27.7 Å². The zero-order valence-corrected chi connectivity index (χ0v) is 6.50. The normalized spacial score (nSPS) is 28.0. The molecule has 0 heteroatoms. The summed E-state index contributed by atoms with van der Waals surface area (Å²) >= 11 is 0. The van der Waals surface area contributed by atoms with Crippen LogP contribution in [0.2, 0.25) is 0 Å². The van der Waals surface area contributed by atoms with E-state index in [9.17, 15) is 0 Å². The summed E-state index contributed by atoms with van der Waals surface area (Å²) in [6.07, 6.45) is 3.28. The highest BCUT2D eigenvalue weighted by Crippen LogP contribution is 2.45. The van der Waals surface area contributed by atoms with Crippen LogP contribution in [0.5, 0.6) is 0 Å². The smallest absolute Gasteiger partial charge is 0.00199 e. The lowest BCUT2D eigenvalue weighted by Gasteiger charge is -2.12. The van der Waals surface area contributed by atoms with Crippen LogP contribution in [-0.2, 0) is 0 Å². The van der Waals surface area contributed by atoms with Gasteiger partial charge in [-0.3, -0.25) is 0 Å². The average molecular weight is 120 g/mol. The quantitative estimate of drug-likeness (QED) is 0.460. The molecule has 0 heterocycles. The Morgan fingerprint density at radius 1 is 0.778 bits per heavy atom. The molecular weight excluding hydrogens is 108 g/mol. The summed E-state index contributed by atoms with van der Waals surface area (Å²) in [5.41, 5.74) is 0. The highest BCUT2D eigenvalue weighted by Gasteiger charge is 2.34. The molecule has 1 rings (SSSR count). The lowest BCUT2D eigenvalue weighted by atomic mass is 9.92. The zero-order valence-electron chi connectivity index (χ0n) is 6.50. The minimum Gasteiger partial charge on any atom is -0.0579 e. The lowest BCUT2D eigenvalue weighted by Crippen LogP contribution is -2.00. The first kappa shape index (κ1) is 7.11. The van der Waals surface area contributed by atoms with Gasteiger partial charge in [-0.15, -0.1) is 0 Å². The first-order chi connectivity index (χ1) is 4.13. The molecule has 0 aliphatic heterocycles. The molecule has 0 saturated heterocycles. The molecule has 1 aliphatic carbocycles. The van der Waals surface area contributed by atoms with Gasteiger partial charge >= 0.3 is 0 Å². The Morgan fingerprint density at radius 2 is 1.11 bits per heavy atom. The molecule has 0 aromatic carbocycles. The Hall–Kier alpha value is 0. The van der Waals surface area contributed by atoms with Crippen molar-refractivity contribution in [1.82, 2.24) is 0 Å². The van der Waals surface area contributed by atoms with Gasteiger partial charge in [0, 0.05) is 0 Å². The summed E-state index contributed by atoms with van der Waals surface area (Å²) in [6, 6.07) is 0. The van der Waals surface area contributed by atoms with Crippen LogP contribution in [-0.4, -0.2) is 0 Å². The van der Waals surface area contributed by atoms with Crippen LogP contribution in [0.25, 0.3) is 0 Å². The van der Waals surface area contributed by atoms with Crippen molar-refractivity contribution < 1.29 is 0 Å². The molecule has 0 aromatic rings. The second-order valence-electron chi connectivity index (χ2n) is 2.62. The van der Waals surface area contributed by atoms with Crippen molar-refractivity contribution >= 4 is 0 Å². The largest absolute Gasteiger partial charge is 0.0579 e. The second-order valence-corrected chi connectivity index (χ2v) is 2.62. The zero-order chi connectivity index (χ0) is 7.02. The predicted octanol–water partition coefficient (Wildman–Crippen LogP) is 2.46. The summed E-state index contributed by atoms with van der Waals surface area (Å²) in [7, 11) is 0. The summed E-state index contributed by atoms with van der Waals surface area (Å²) in [5, 5.41) is 0. The molecule has 6 radical (unpaired) electrons. The maximum absolute atomic E-state index is 3.28. The third-order valence-electron chi connectivity index (χ3n) is 2.06. The van der Waals surface area contributed by atoms with Gasteiger partial charge in [0.25, 0.3) is 0 Å². The fourth-order valence-electron chi connectivity index (χ4n) is 1.03. The Bertz CT molecular complexity index is 84.2. The fourth-order valence-corrected chi connectivity index (χ4v) is 1.03. The molecule has 0 amide bonds. The van der Waals surface area contributed by atoms with E-state index in [1.54, 1.807) is 0 Å². The van der Waals surface area contributed by atoms with E-state index in [4.69, 9.17) is 0 Å². The van der Waals surface area contributed by atoms with Gasteiger partial charge in [0.15, 0.2) is 0 Å². The molecule has 9 heavy (non-hydrogen) atoms. The first-order valence-corrected chi connectivity index (χ1v) is 3.25. The summed E-state index contributed by atoms with van der Waals surface area (Å²) in [4.78, 5) is 0. The van der Waals surface area contributed by atoms with Gasteiger partial charge in [-0.2, -0.15) is 0 Å². The van der Waals surface area contributed by atoms with Crippen molar-refractivity contribution in [2.45, 2.75) is 27.7 Å². The molecule has 1 saturated carbocycles. The fraction of sp³-hybridized carbons (Fsp3) is 0.444. The minimum atomic E-state index is 1.30. The van der Waals surface area contributed by atoms with E-state index in [1.165, 1.54) is 23.7 Å². The molecule has 0 aromatic heterocycles. The van der Waals surface area contributed by atoms with Crippen LogP contribution in [0.3, 0.4) is 0 Å². The molecule has 0 bridgehead atoms. The average Bonchev–Trinajstić information content (AvgIpc) is 1.98. The van der Waals surface area contributed by atoms with E-state index < -0.39 is 0 Å². The molecule has 0 N–H and O–H groups in total. The van der Waals surface area contributed by atoms with Crippen LogP contribution in [0.1, 0.15) is 27.7 Å². The molecule has 0 unspecified atom stereocenters. The maximum Gasteiger partial charge on any atom is -0.00199 e. The third-order valence-corrected chi connectivity index (χ3v) is 2.06. The van der Waals surface area contributed by atoms with Crippen LogP contribution in [0.15, 0.2) is 0 Å². The van der Waals surface area contributed by atoms with Crippen LogP contribution < -0.4 is 0 Å². The third kappa shape index (κ3) is 1.12. The van der Waals surface area contributed by atoms with Gasteiger partial charge in [-0.25, -0.2) is 0 Å². The SMILES string of the molecule is C[C]1[C][C](C)[C](C)[C]1C. The Labute approximate surface area is 58.7 Å². The van der Waals surface area contributed by atoms with Gasteiger partial charge in [0.05, 0.1) is 0 Å². The molecule has 0 nitrogen and oxygen atoms in total. The number of rotatable bonds is 0. The van der Waals surface area contributed by atoms with E-state index in [1.807, 2.05) is 0 Å². The van der Waals surface area contributed by atoms with E-state index in [0.29, 0.717) is 0 Å². The van der Waals surface area contributed by atoms with Crippen LogP contribution in [0, 0.1) is 30.1 Å². The lowest BCUT2D eigenvalue weighted by molar-refractivity contribution is 0.973. The number of hydrogen-bond donors (Lipinski definition) is 0. The Morgan fingerprint density at radius 3 is 1.22 bits per heavy atom. The van der Waals surface area contributed by atoms with E-state index in [2.05, 4.69) is 34.1 Å². The highest BCUT2D eigenvalue weighted by molar-refractivity contribution is 5.52. The summed E-state index contributed by atoms with van der Waals surface area (Å²) < 4.78 is 0. The van der Waals surface area contributed by atoms with Crippen LogP contribution >= 0.6 is 0 Å². The van der Waals surface area contributed by atoms with Gasteiger partial charge in [0.2, 0.25) is 0 Å². The highest BCUT2D eigenvalue weighted by atomic mass is 14.4. The molecule has 0 spiro atoms. The number of hydrogen-bond acceptors (Lipinski definition) is 0. The molecule has 48 valence electrons. The maximum atomic E-state index is 3.28. The minimum absolute atomic E-state index is 1.30. The Balaban J connectivity index is 2.54. The second kappa shape index (κ2) is 2.32. The van der Waals surface area contributed by atoms with Crippen molar-refractivity contribution in [2.24, 2.45) is 0 Å². The first-order valence-electron chi connectivity index (χ1n) is 3.25. The van der Waals surface area contributed by atoms with Crippen LogP contribution in [0.4, 0.5) is 0 Å². The van der Waals surface area contributed by atoms with Crippen molar-refractivity contribution in [3.05, 3.63) is 30.1 Å². The topological polar surface area (TPSA) is 0 Å². The summed E-state index contributed by atoms with van der Waals surface area (Å²) in [5.74, 6) is 5.38. The van der Waals surface area contributed by atoms with E-state index in [-0.39, 0.29) is 0 Å². The summed E-state index contributed by atoms with van der Waals surface area (Å²) in [6.45, 7) is 8.51. The van der Waals surface area contributed by atoms with Crippen molar-refractivity contribution in [2.75, 3.05) is 0 Å². The van der Waals surface area contributed by atoms with Crippen molar-refractivity contribution in [1.29, 1.82) is 0 Å². The predicted molar refractivity (Wildman–Crippen MR) is 38.9 cm³/mol. The van der Waals surface area contributed by atoms with Crippen molar-refractivity contribution in [3.63, 3.8) is 0 Å². The van der Waals surface area contributed by atoms with Crippen molar-refractivity contribution in [3.8, 4) is 0 Å². The monoisotopic (exact) mass is 120 g/mol. The molecule has 1 aliphatic rings. The Kier molecular flexibility index (Phi) is 1.83. The molecule has 0 atom stereocenters. The molecule has 1 fully saturated rings. The van der Waals surface area contributed by atoms with E-state index >= 15 is 0 Å². The standard InChI is InChI=1S/C9H12/c1-6-5-7(2)9(4)8(6)3/h1-4H3.